The van der Waals surface area contributed by atoms with E-state index in [2.05, 4.69) is 15.1 Å². The lowest BCUT2D eigenvalue weighted by Crippen LogP contribution is -2.18. The second kappa shape index (κ2) is 8.23. The Morgan fingerprint density at radius 1 is 0.970 bits per heavy atom. The van der Waals surface area contributed by atoms with E-state index in [4.69, 9.17) is 0 Å². The number of aryl methyl sites for hydroxylation is 1. The number of aromatic carboxylic acids is 1. The first-order valence-electron chi connectivity index (χ1n) is 10.4. The number of H-pyrrole nitrogens is 2. The number of carboxylic acids is 1. The molecular weight excluding hydrogens is 423 g/mol. The molecule has 0 aliphatic heterocycles. The molecule has 0 saturated carbocycles. The average Bonchev–Trinajstić information content (AvgIpc) is 3.39. The molecule has 0 aliphatic carbocycles. The number of nitrogens with zero attached hydrogens (tertiary/aromatic N) is 2. The van der Waals surface area contributed by atoms with Gasteiger partial charge >= 0.3 is 5.97 Å². The normalized spacial score (nSPS) is 11.2. The topological polar surface area (TPSA) is 104 Å². The molecule has 0 fully saturated rings. The molecule has 0 bridgehead atoms. The Morgan fingerprint density at radius 2 is 1.70 bits per heavy atom. The number of carboxylic acid groups (broad SMARTS) is 1. The average molecular weight is 442 g/mol. The van der Waals surface area contributed by atoms with Crippen LogP contribution in [0.4, 0.5) is 4.39 Å². The van der Waals surface area contributed by atoms with Crippen LogP contribution in [-0.4, -0.2) is 30.8 Å². The summed E-state index contributed by atoms with van der Waals surface area (Å²) in [5.74, 6) is -0.976. The zero-order chi connectivity index (χ0) is 22.9. The number of carbonyl (C=O) groups is 1. The zero-order valence-corrected chi connectivity index (χ0v) is 17.4. The number of hydrogen-bond acceptors (Lipinski definition) is 3. The van der Waals surface area contributed by atoms with Gasteiger partial charge < -0.3 is 10.1 Å². The van der Waals surface area contributed by atoms with Gasteiger partial charge in [-0.25, -0.2) is 14.2 Å². The molecule has 3 aromatic carbocycles. The highest BCUT2D eigenvalue weighted by atomic mass is 19.1. The van der Waals surface area contributed by atoms with Gasteiger partial charge in [-0.3, -0.25) is 9.89 Å². The van der Waals surface area contributed by atoms with Gasteiger partial charge in [0.15, 0.2) is 0 Å². The van der Waals surface area contributed by atoms with Gasteiger partial charge in [-0.1, -0.05) is 36.4 Å². The monoisotopic (exact) mass is 442 g/mol. The molecule has 0 unspecified atom stereocenters. The Labute approximate surface area is 187 Å². The molecule has 0 spiro atoms. The number of benzene rings is 3. The van der Waals surface area contributed by atoms with E-state index in [9.17, 15) is 19.1 Å². The first-order valence-corrected chi connectivity index (χ1v) is 10.4. The maximum Gasteiger partial charge on any atom is 0.335 e. The first-order chi connectivity index (χ1) is 16.0. The number of halogens is 1. The van der Waals surface area contributed by atoms with E-state index in [-0.39, 0.29) is 16.9 Å². The lowest BCUT2D eigenvalue weighted by Gasteiger charge is -2.04. The fourth-order valence-electron chi connectivity index (χ4n) is 3.84. The maximum absolute atomic E-state index is 13.4. The quantitative estimate of drug-likeness (QED) is 0.364. The molecule has 0 atom stereocenters. The SMILES string of the molecule is O=C(O)c1ccc(-c2[nH]n(-c3nc4ccccc4[nH]3)c(=O)c2CCc2ccc(F)cc2)cc1. The van der Waals surface area contributed by atoms with Crippen molar-refractivity contribution in [3.05, 3.63) is 106 Å². The van der Waals surface area contributed by atoms with Crippen molar-refractivity contribution in [1.29, 1.82) is 0 Å². The summed E-state index contributed by atoms with van der Waals surface area (Å²) in [4.78, 5) is 32.3. The van der Waals surface area contributed by atoms with Crippen molar-refractivity contribution in [1.82, 2.24) is 19.7 Å². The van der Waals surface area contributed by atoms with E-state index in [1.54, 1.807) is 24.3 Å². The van der Waals surface area contributed by atoms with Gasteiger partial charge in [-0.15, -0.1) is 0 Å². The minimum Gasteiger partial charge on any atom is -0.478 e. The van der Waals surface area contributed by atoms with E-state index in [1.807, 2.05) is 24.3 Å². The van der Waals surface area contributed by atoms with Crippen molar-refractivity contribution < 1.29 is 14.3 Å². The Bertz CT molecular complexity index is 1480. The summed E-state index contributed by atoms with van der Waals surface area (Å²) in [7, 11) is 0. The summed E-state index contributed by atoms with van der Waals surface area (Å²) >= 11 is 0. The predicted octanol–water partition coefficient (Wildman–Crippen LogP) is 4.33. The highest BCUT2D eigenvalue weighted by Gasteiger charge is 2.19. The van der Waals surface area contributed by atoms with Crippen LogP contribution in [0.25, 0.3) is 28.2 Å². The van der Waals surface area contributed by atoms with Gasteiger partial charge in [0.25, 0.3) is 5.56 Å². The van der Waals surface area contributed by atoms with Crippen LogP contribution in [0.1, 0.15) is 21.5 Å². The summed E-state index contributed by atoms with van der Waals surface area (Å²) in [5.41, 5.74) is 4.13. The Morgan fingerprint density at radius 3 is 2.39 bits per heavy atom. The van der Waals surface area contributed by atoms with Crippen LogP contribution in [0.3, 0.4) is 0 Å². The molecule has 5 aromatic rings. The Hall–Kier alpha value is -4.46. The van der Waals surface area contributed by atoms with Crippen LogP contribution in [-0.2, 0) is 12.8 Å². The number of imidazole rings is 1. The van der Waals surface area contributed by atoms with Crippen LogP contribution in [0.2, 0.25) is 0 Å². The van der Waals surface area contributed by atoms with Crippen molar-refractivity contribution in [2.45, 2.75) is 12.8 Å². The van der Waals surface area contributed by atoms with Gasteiger partial charge in [0.1, 0.15) is 5.82 Å². The van der Waals surface area contributed by atoms with Crippen molar-refractivity contribution in [3.8, 4) is 17.2 Å². The third-order valence-corrected chi connectivity index (χ3v) is 5.57. The molecule has 3 N–H and O–H groups in total. The molecule has 8 heteroatoms. The van der Waals surface area contributed by atoms with E-state index in [0.29, 0.717) is 35.6 Å². The number of para-hydroxylation sites is 2. The molecule has 0 amide bonds. The number of aromatic amines is 2. The summed E-state index contributed by atoms with van der Waals surface area (Å²) in [6.07, 6.45) is 0.942. The summed E-state index contributed by atoms with van der Waals surface area (Å²) in [5, 5.41) is 12.3. The minimum atomic E-state index is -1.02. The smallest absolute Gasteiger partial charge is 0.335 e. The van der Waals surface area contributed by atoms with Crippen molar-refractivity contribution >= 4 is 17.0 Å². The van der Waals surface area contributed by atoms with Crippen LogP contribution in [0.15, 0.2) is 77.6 Å². The number of hydrogen-bond donors (Lipinski definition) is 3. The molecule has 0 radical (unpaired) electrons. The van der Waals surface area contributed by atoms with Crippen molar-refractivity contribution in [3.63, 3.8) is 0 Å². The predicted molar refractivity (Wildman–Crippen MR) is 122 cm³/mol. The van der Waals surface area contributed by atoms with Crippen LogP contribution in [0.5, 0.6) is 0 Å². The third kappa shape index (κ3) is 3.94. The Balaban J connectivity index is 1.59. The zero-order valence-electron chi connectivity index (χ0n) is 17.4. The maximum atomic E-state index is 13.4. The van der Waals surface area contributed by atoms with Gasteiger partial charge in [0, 0.05) is 5.56 Å². The highest BCUT2D eigenvalue weighted by Crippen LogP contribution is 2.23. The third-order valence-electron chi connectivity index (χ3n) is 5.57. The second-order valence-corrected chi connectivity index (χ2v) is 7.69. The van der Waals surface area contributed by atoms with Gasteiger partial charge in [0.05, 0.1) is 22.3 Å². The summed E-state index contributed by atoms with van der Waals surface area (Å²) in [6, 6.07) is 20.0. The van der Waals surface area contributed by atoms with E-state index >= 15 is 0 Å². The molecule has 0 aliphatic rings. The molecule has 164 valence electrons. The summed E-state index contributed by atoms with van der Waals surface area (Å²) in [6.45, 7) is 0. The van der Waals surface area contributed by atoms with Crippen LogP contribution < -0.4 is 5.56 Å². The van der Waals surface area contributed by atoms with Gasteiger partial charge in [-0.05, 0) is 60.4 Å². The van der Waals surface area contributed by atoms with Crippen LogP contribution >= 0.6 is 0 Å². The van der Waals surface area contributed by atoms with E-state index in [1.165, 1.54) is 28.9 Å². The first kappa shape index (κ1) is 20.4. The molecular formula is C25H19FN4O3. The van der Waals surface area contributed by atoms with Gasteiger partial charge in [-0.2, -0.15) is 4.68 Å². The molecule has 2 aromatic heterocycles. The van der Waals surface area contributed by atoms with Gasteiger partial charge in [0.2, 0.25) is 5.95 Å². The number of fused-ring (bicyclic) bond motifs is 1. The second-order valence-electron chi connectivity index (χ2n) is 7.69. The number of nitrogens with one attached hydrogen (secondary N) is 2. The molecule has 0 saturated heterocycles. The molecule has 2 heterocycles. The summed E-state index contributed by atoms with van der Waals surface area (Å²) < 4.78 is 14.6. The van der Waals surface area contributed by atoms with Crippen LogP contribution in [0, 0.1) is 5.82 Å². The highest BCUT2D eigenvalue weighted by molar-refractivity contribution is 5.88. The van der Waals surface area contributed by atoms with E-state index in [0.717, 1.165) is 16.6 Å². The Kier molecular flexibility index (Phi) is 5.10. The molecule has 5 rings (SSSR count). The standard InChI is InChI=1S/C25H19FN4O3/c26-18-12-5-15(6-13-18)7-14-19-22(16-8-10-17(11-9-16)24(32)33)29-30(23(19)31)25-27-20-3-1-2-4-21(20)28-25/h1-6,8-13,29H,7,14H2,(H,27,28)(H,32,33). The fraction of sp³-hybridized carbons (Fsp3) is 0.0800. The molecule has 33 heavy (non-hydrogen) atoms. The lowest BCUT2D eigenvalue weighted by molar-refractivity contribution is 0.0697. The fourth-order valence-corrected chi connectivity index (χ4v) is 3.84. The molecule has 7 nitrogen and oxygen atoms in total. The number of rotatable bonds is 6. The van der Waals surface area contributed by atoms with Crippen molar-refractivity contribution in [2.24, 2.45) is 0 Å². The van der Waals surface area contributed by atoms with E-state index < -0.39 is 5.97 Å². The number of aromatic nitrogens is 4. The minimum absolute atomic E-state index is 0.158. The largest absolute Gasteiger partial charge is 0.478 e. The van der Waals surface area contributed by atoms with Crippen molar-refractivity contribution in [2.75, 3.05) is 0 Å². The lowest BCUT2D eigenvalue weighted by atomic mass is 10.0.